The largest absolute Gasteiger partial charge is 0.494 e. The second-order valence-electron chi connectivity index (χ2n) is 9.98. The highest BCUT2D eigenvalue weighted by Gasteiger charge is 2.51. The standard InChI is InChI=1S/C27H38BFO2/c1-7-9-10-20(8-2)11-12-21-13-18-24(25(29)19-21)22-14-16-23(17-15-22)28-30-26(3,4)27(5,6)31-28/h13-20H,7-12H2,1-6H3. The van der Waals surface area contributed by atoms with Gasteiger partial charge in [-0.15, -0.1) is 0 Å². The lowest BCUT2D eigenvalue weighted by Crippen LogP contribution is -2.41. The van der Waals surface area contributed by atoms with E-state index in [4.69, 9.17) is 9.31 Å². The first-order valence-corrected chi connectivity index (χ1v) is 11.9. The maximum atomic E-state index is 14.9. The van der Waals surface area contributed by atoms with Crippen LogP contribution in [0.5, 0.6) is 0 Å². The number of hydrogen-bond donors (Lipinski definition) is 0. The van der Waals surface area contributed by atoms with E-state index in [-0.39, 0.29) is 17.0 Å². The lowest BCUT2D eigenvalue weighted by Gasteiger charge is -2.32. The third-order valence-electron chi connectivity index (χ3n) is 7.17. The Morgan fingerprint density at radius 3 is 2.10 bits per heavy atom. The van der Waals surface area contributed by atoms with Crippen molar-refractivity contribution in [2.24, 2.45) is 5.92 Å². The van der Waals surface area contributed by atoms with Crippen molar-refractivity contribution >= 4 is 12.6 Å². The molecule has 0 radical (unpaired) electrons. The highest BCUT2D eigenvalue weighted by atomic mass is 19.1. The van der Waals surface area contributed by atoms with Gasteiger partial charge in [0.15, 0.2) is 0 Å². The van der Waals surface area contributed by atoms with Gasteiger partial charge in [0.25, 0.3) is 0 Å². The molecule has 1 fully saturated rings. The molecule has 0 aromatic heterocycles. The van der Waals surface area contributed by atoms with Crippen molar-refractivity contribution in [1.29, 1.82) is 0 Å². The molecular weight excluding hydrogens is 386 g/mol. The minimum Gasteiger partial charge on any atom is -0.399 e. The van der Waals surface area contributed by atoms with E-state index in [0.29, 0.717) is 5.56 Å². The molecule has 0 aliphatic carbocycles. The summed E-state index contributed by atoms with van der Waals surface area (Å²) >= 11 is 0. The molecule has 1 atom stereocenters. The van der Waals surface area contributed by atoms with E-state index in [1.807, 2.05) is 58.0 Å². The first-order chi connectivity index (χ1) is 14.7. The van der Waals surface area contributed by atoms with Gasteiger partial charge in [-0.1, -0.05) is 75.9 Å². The fourth-order valence-corrected chi connectivity index (χ4v) is 4.16. The van der Waals surface area contributed by atoms with E-state index >= 15 is 0 Å². The van der Waals surface area contributed by atoms with Gasteiger partial charge in [-0.2, -0.15) is 0 Å². The molecule has 0 N–H and O–H groups in total. The summed E-state index contributed by atoms with van der Waals surface area (Å²) in [6.45, 7) is 12.7. The smallest absolute Gasteiger partial charge is 0.399 e. The molecule has 1 heterocycles. The van der Waals surface area contributed by atoms with Crippen LogP contribution >= 0.6 is 0 Å². The van der Waals surface area contributed by atoms with Crippen LogP contribution in [0.3, 0.4) is 0 Å². The zero-order valence-electron chi connectivity index (χ0n) is 20.1. The molecule has 2 nitrogen and oxygen atoms in total. The Morgan fingerprint density at radius 2 is 1.55 bits per heavy atom. The molecule has 0 amide bonds. The second kappa shape index (κ2) is 9.87. The summed E-state index contributed by atoms with van der Waals surface area (Å²) in [4.78, 5) is 0. The maximum absolute atomic E-state index is 14.9. The lowest BCUT2D eigenvalue weighted by molar-refractivity contribution is 0.00578. The van der Waals surface area contributed by atoms with Crippen LogP contribution < -0.4 is 5.46 Å². The molecule has 0 bridgehead atoms. The van der Waals surface area contributed by atoms with E-state index in [2.05, 4.69) is 19.9 Å². The second-order valence-corrected chi connectivity index (χ2v) is 9.98. The van der Waals surface area contributed by atoms with Crippen molar-refractivity contribution in [1.82, 2.24) is 0 Å². The van der Waals surface area contributed by atoms with Gasteiger partial charge in [0.1, 0.15) is 5.82 Å². The number of rotatable bonds is 9. The Morgan fingerprint density at radius 1 is 0.903 bits per heavy atom. The first-order valence-electron chi connectivity index (χ1n) is 11.9. The minimum absolute atomic E-state index is 0.150. The molecule has 1 aliphatic heterocycles. The molecule has 0 saturated carbocycles. The van der Waals surface area contributed by atoms with Gasteiger partial charge in [0, 0.05) is 5.56 Å². The van der Waals surface area contributed by atoms with Crippen LogP contribution in [-0.4, -0.2) is 18.3 Å². The predicted molar refractivity (Wildman–Crippen MR) is 129 cm³/mol. The fourth-order valence-electron chi connectivity index (χ4n) is 4.16. The summed E-state index contributed by atoms with van der Waals surface area (Å²) in [5.41, 5.74) is 2.82. The van der Waals surface area contributed by atoms with Crippen molar-refractivity contribution in [2.75, 3.05) is 0 Å². The number of aryl methyl sites for hydroxylation is 1. The van der Waals surface area contributed by atoms with Crippen LogP contribution in [0, 0.1) is 11.7 Å². The quantitative estimate of drug-likeness (QED) is 0.406. The van der Waals surface area contributed by atoms with Gasteiger partial charge in [-0.25, -0.2) is 4.39 Å². The summed E-state index contributed by atoms with van der Waals surface area (Å²) in [5, 5.41) is 0. The van der Waals surface area contributed by atoms with Crippen molar-refractivity contribution in [3.8, 4) is 11.1 Å². The third kappa shape index (κ3) is 5.59. The summed E-state index contributed by atoms with van der Waals surface area (Å²) in [7, 11) is -0.398. The Balaban J connectivity index is 1.67. The van der Waals surface area contributed by atoms with Crippen LogP contribution in [0.1, 0.15) is 79.2 Å². The Labute approximate surface area is 188 Å². The molecule has 3 rings (SSSR count). The molecular formula is C27H38BFO2. The molecule has 1 aliphatic rings. The van der Waals surface area contributed by atoms with Gasteiger partial charge in [-0.05, 0) is 69.1 Å². The van der Waals surface area contributed by atoms with Gasteiger partial charge >= 0.3 is 7.12 Å². The van der Waals surface area contributed by atoms with Crippen LogP contribution in [0.15, 0.2) is 42.5 Å². The van der Waals surface area contributed by atoms with Crippen LogP contribution in [0.2, 0.25) is 0 Å². The summed E-state index contributed by atoms with van der Waals surface area (Å²) in [5.74, 6) is 0.590. The van der Waals surface area contributed by atoms with E-state index in [1.54, 1.807) is 6.07 Å². The average Bonchev–Trinajstić information content (AvgIpc) is 2.95. The average molecular weight is 424 g/mol. The molecule has 1 unspecified atom stereocenters. The fraction of sp³-hybridized carbons (Fsp3) is 0.556. The molecule has 1 saturated heterocycles. The van der Waals surface area contributed by atoms with Gasteiger partial charge in [0.05, 0.1) is 11.2 Å². The topological polar surface area (TPSA) is 18.5 Å². The van der Waals surface area contributed by atoms with Crippen molar-refractivity contribution in [3.63, 3.8) is 0 Å². The summed E-state index contributed by atoms with van der Waals surface area (Å²) < 4.78 is 27.1. The number of hydrogen-bond acceptors (Lipinski definition) is 2. The normalized spacial score (nSPS) is 18.4. The molecule has 2 aromatic carbocycles. The summed E-state index contributed by atoms with van der Waals surface area (Å²) in [6, 6.07) is 13.6. The van der Waals surface area contributed by atoms with E-state index in [9.17, 15) is 4.39 Å². The molecule has 168 valence electrons. The third-order valence-corrected chi connectivity index (χ3v) is 7.17. The van der Waals surface area contributed by atoms with Gasteiger partial charge in [0.2, 0.25) is 0 Å². The van der Waals surface area contributed by atoms with Gasteiger partial charge < -0.3 is 9.31 Å². The van der Waals surface area contributed by atoms with E-state index in [1.165, 1.54) is 25.7 Å². The molecule has 4 heteroatoms. The van der Waals surface area contributed by atoms with Crippen molar-refractivity contribution < 1.29 is 13.7 Å². The highest BCUT2D eigenvalue weighted by Crippen LogP contribution is 2.36. The van der Waals surface area contributed by atoms with Crippen LogP contribution in [0.4, 0.5) is 4.39 Å². The Bertz CT molecular complexity index is 844. The van der Waals surface area contributed by atoms with E-state index in [0.717, 1.165) is 35.3 Å². The highest BCUT2D eigenvalue weighted by molar-refractivity contribution is 6.62. The molecule has 31 heavy (non-hydrogen) atoms. The Kier molecular flexibility index (Phi) is 7.65. The summed E-state index contributed by atoms with van der Waals surface area (Å²) in [6.07, 6.45) is 7.09. The number of halogens is 1. The number of unbranched alkanes of at least 4 members (excludes halogenated alkanes) is 1. The molecule has 2 aromatic rings. The number of benzene rings is 2. The van der Waals surface area contributed by atoms with Crippen LogP contribution in [-0.2, 0) is 15.7 Å². The zero-order valence-corrected chi connectivity index (χ0v) is 20.1. The zero-order chi connectivity index (χ0) is 22.6. The van der Waals surface area contributed by atoms with E-state index < -0.39 is 7.12 Å². The molecule has 0 spiro atoms. The maximum Gasteiger partial charge on any atom is 0.494 e. The minimum atomic E-state index is -0.398. The lowest BCUT2D eigenvalue weighted by atomic mass is 9.78. The monoisotopic (exact) mass is 424 g/mol. The first kappa shape index (κ1) is 24.0. The van der Waals surface area contributed by atoms with Gasteiger partial charge in [-0.3, -0.25) is 0 Å². The van der Waals surface area contributed by atoms with Crippen molar-refractivity contribution in [3.05, 3.63) is 53.8 Å². The van der Waals surface area contributed by atoms with Crippen molar-refractivity contribution in [2.45, 2.75) is 91.3 Å². The SMILES string of the molecule is CCCCC(CC)CCc1ccc(-c2ccc(B3OC(C)(C)C(C)(C)O3)cc2)c(F)c1. The van der Waals surface area contributed by atoms with Crippen LogP contribution in [0.25, 0.3) is 11.1 Å². The predicted octanol–water partition coefficient (Wildman–Crippen LogP) is 6.94. The Hall–Kier alpha value is -1.65.